The molecule has 0 radical (unpaired) electrons. The van der Waals surface area contributed by atoms with Crippen LogP contribution in [-0.4, -0.2) is 11.1 Å². The number of benzene rings is 1. The molecule has 0 heterocycles. The number of halogens is 2. The molecule has 0 bridgehead atoms. The van der Waals surface area contributed by atoms with E-state index in [0.717, 1.165) is 15.7 Å². The lowest BCUT2D eigenvalue weighted by molar-refractivity contribution is 0.368. The molecule has 21 heavy (non-hydrogen) atoms. The quantitative estimate of drug-likeness (QED) is 0.660. The Labute approximate surface area is 148 Å². The van der Waals surface area contributed by atoms with E-state index in [4.69, 9.17) is 0 Å². The third-order valence-electron chi connectivity index (χ3n) is 4.19. The van der Waals surface area contributed by atoms with Crippen LogP contribution in [0.4, 0.5) is 0 Å². The third kappa shape index (κ3) is 5.29. The van der Waals surface area contributed by atoms with Gasteiger partial charge in [-0.05, 0) is 52.5 Å². The van der Waals surface area contributed by atoms with Crippen LogP contribution in [0.2, 0.25) is 0 Å². The molecule has 0 aliphatic heterocycles. The maximum absolute atomic E-state index is 10.3. The van der Waals surface area contributed by atoms with Gasteiger partial charge < -0.3 is 10.4 Å². The summed E-state index contributed by atoms with van der Waals surface area (Å²) in [7, 11) is 0. The summed E-state index contributed by atoms with van der Waals surface area (Å²) in [5.41, 5.74) is 2.44. The van der Waals surface area contributed by atoms with E-state index in [1.165, 1.54) is 37.7 Å². The lowest BCUT2D eigenvalue weighted by Gasteiger charge is -2.25. The van der Waals surface area contributed by atoms with Crippen LogP contribution in [0.15, 0.2) is 12.1 Å². The molecular formula is C17H27ClINO. The Kier molecular flexibility index (Phi) is 7.28. The Morgan fingerprint density at radius 2 is 1.81 bits per heavy atom. The van der Waals surface area contributed by atoms with Crippen molar-refractivity contribution in [2.75, 3.05) is 0 Å². The number of phenolic OH excluding ortho intramolecular Hbond substituents is 1. The highest BCUT2D eigenvalue weighted by atomic mass is 127. The molecular weight excluding hydrogens is 397 g/mol. The van der Waals surface area contributed by atoms with E-state index < -0.39 is 0 Å². The van der Waals surface area contributed by atoms with Crippen LogP contribution >= 0.6 is 35.0 Å². The van der Waals surface area contributed by atoms with Gasteiger partial charge in [0.25, 0.3) is 0 Å². The number of hydrogen-bond donors (Lipinski definition) is 2. The zero-order valence-electron chi connectivity index (χ0n) is 13.2. The van der Waals surface area contributed by atoms with Crippen molar-refractivity contribution in [3.05, 3.63) is 26.8 Å². The molecule has 1 fully saturated rings. The zero-order valence-corrected chi connectivity index (χ0v) is 16.2. The predicted molar refractivity (Wildman–Crippen MR) is 100 cm³/mol. The molecule has 0 spiro atoms. The van der Waals surface area contributed by atoms with Crippen LogP contribution in [0.25, 0.3) is 0 Å². The van der Waals surface area contributed by atoms with Gasteiger partial charge >= 0.3 is 0 Å². The molecule has 0 unspecified atom stereocenters. The van der Waals surface area contributed by atoms with Crippen molar-refractivity contribution in [3.8, 4) is 5.75 Å². The van der Waals surface area contributed by atoms with Gasteiger partial charge in [0.05, 0.1) is 3.57 Å². The molecule has 4 heteroatoms. The number of phenols is 1. The Morgan fingerprint density at radius 1 is 1.19 bits per heavy atom. The minimum atomic E-state index is 0. The smallest absolute Gasteiger partial charge is 0.133 e. The number of nitrogens with one attached hydrogen (secondary N) is 1. The minimum Gasteiger partial charge on any atom is -0.507 e. The lowest BCUT2D eigenvalue weighted by Crippen LogP contribution is -2.30. The fourth-order valence-corrected chi connectivity index (χ4v) is 3.47. The zero-order chi connectivity index (χ0) is 14.8. The van der Waals surface area contributed by atoms with Crippen LogP contribution in [-0.2, 0) is 12.0 Å². The van der Waals surface area contributed by atoms with Gasteiger partial charge in [0.2, 0.25) is 0 Å². The molecule has 1 aromatic rings. The predicted octanol–water partition coefficient (Wildman–Crippen LogP) is 5.14. The highest BCUT2D eigenvalue weighted by molar-refractivity contribution is 14.1. The fraction of sp³-hybridized carbons (Fsp3) is 0.647. The highest BCUT2D eigenvalue weighted by Gasteiger charge is 2.19. The first-order valence-electron chi connectivity index (χ1n) is 7.63. The van der Waals surface area contributed by atoms with Crippen LogP contribution in [0.1, 0.15) is 64.0 Å². The van der Waals surface area contributed by atoms with E-state index >= 15 is 0 Å². The summed E-state index contributed by atoms with van der Waals surface area (Å²) in [5.74, 6) is 0.446. The van der Waals surface area contributed by atoms with Crippen molar-refractivity contribution in [1.29, 1.82) is 0 Å². The monoisotopic (exact) mass is 423 g/mol. The summed E-state index contributed by atoms with van der Waals surface area (Å²) < 4.78 is 0.954. The summed E-state index contributed by atoms with van der Waals surface area (Å²) >= 11 is 2.23. The van der Waals surface area contributed by atoms with Gasteiger partial charge in [-0.25, -0.2) is 0 Å². The van der Waals surface area contributed by atoms with Crippen molar-refractivity contribution in [3.63, 3.8) is 0 Å². The average molecular weight is 424 g/mol. The Morgan fingerprint density at radius 3 is 2.38 bits per heavy atom. The molecule has 1 aliphatic carbocycles. The highest BCUT2D eigenvalue weighted by Crippen LogP contribution is 2.32. The summed E-state index contributed by atoms with van der Waals surface area (Å²) in [6, 6.07) is 4.88. The minimum absolute atomic E-state index is 0. The SMILES string of the molecule is CC(C)(C)c1cc(I)c(O)c(CNC2CCCCC2)c1.Cl. The van der Waals surface area contributed by atoms with Gasteiger partial charge in [-0.1, -0.05) is 46.1 Å². The van der Waals surface area contributed by atoms with E-state index in [0.29, 0.717) is 11.8 Å². The van der Waals surface area contributed by atoms with Gasteiger partial charge in [0, 0.05) is 18.2 Å². The fourth-order valence-electron chi connectivity index (χ4n) is 2.78. The van der Waals surface area contributed by atoms with E-state index in [9.17, 15) is 5.11 Å². The molecule has 120 valence electrons. The van der Waals surface area contributed by atoms with Crippen molar-refractivity contribution in [2.24, 2.45) is 0 Å². The van der Waals surface area contributed by atoms with E-state index in [1.807, 2.05) is 0 Å². The van der Waals surface area contributed by atoms with Crippen molar-refractivity contribution in [2.45, 2.75) is 70.9 Å². The second-order valence-corrected chi connectivity index (χ2v) is 8.09. The largest absolute Gasteiger partial charge is 0.507 e. The van der Waals surface area contributed by atoms with Crippen molar-refractivity contribution in [1.82, 2.24) is 5.32 Å². The second-order valence-electron chi connectivity index (χ2n) is 6.93. The van der Waals surface area contributed by atoms with Crippen molar-refractivity contribution < 1.29 is 5.11 Å². The van der Waals surface area contributed by atoms with Gasteiger partial charge in [0.1, 0.15) is 5.75 Å². The number of hydrogen-bond acceptors (Lipinski definition) is 2. The molecule has 0 amide bonds. The van der Waals surface area contributed by atoms with Crippen LogP contribution in [0, 0.1) is 3.57 Å². The molecule has 2 rings (SSSR count). The molecule has 2 N–H and O–H groups in total. The van der Waals surface area contributed by atoms with Gasteiger partial charge in [-0.2, -0.15) is 0 Å². The molecule has 0 aromatic heterocycles. The summed E-state index contributed by atoms with van der Waals surface area (Å²) in [5, 5.41) is 13.9. The molecule has 0 atom stereocenters. The van der Waals surface area contributed by atoms with Crippen LogP contribution in [0.3, 0.4) is 0 Å². The number of rotatable bonds is 3. The lowest BCUT2D eigenvalue weighted by atomic mass is 9.86. The normalized spacial score (nSPS) is 16.6. The van der Waals surface area contributed by atoms with Gasteiger partial charge in [-0.15, -0.1) is 12.4 Å². The molecule has 2 nitrogen and oxygen atoms in total. The molecule has 1 saturated carbocycles. The number of aromatic hydroxyl groups is 1. The van der Waals surface area contributed by atoms with Crippen LogP contribution < -0.4 is 5.32 Å². The van der Waals surface area contributed by atoms with Gasteiger partial charge in [-0.3, -0.25) is 0 Å². The van der Waals surface area contributed by atoms with Crippen molar-refractivity contribution >= 4 is 35.0 Å². The summed E-state index contributed by atoms with van der Waals surface area (Å²) in [4.78, 5) is 0. The maximum Gasteiger partial charge on any atom is 0.133 e. The molecule has 1 aliphatic rings. The second kappa shape index (κ2) is 8.02. The first kappa shape index (κ1) is 19.0. The Balaban J connectivity index is 0.00000220. The third-order valence-corrected chi connectivity index (χ3v) is 5.02. The van der Waals surface area contributed by atoms with Crippen LogP contribution in [0.5, 0.6) is 5.75 Å². The first-order chi connectivity index (χ1) is 9.38. The average Bonchev–Trinajstić information content (AvgIpc) is 2.40. The standard InChI is InChI=1S/C17H26INO.ClH/c1-17(2,3)13-9-12(16(20)15(18)10-13)11-19-14-7-5-4-6-8-14;/h9-10,14,19-20H,4-8,11H2,1-3H3;1H. The van der Waals surface area contributed by atoms with Gasteiger partial charge in [0.15, 0.2) is 0 Å². The topological polar surface area (TPSA) is 32.3 Å². The molecule has 1 aromatic carbocycles. The molecule has 0 saturated heterocycles. The maximum atomic E-state index is 10.3. The summed E-state index contributed by atoms with van der Waals surface area (Å²) in [6.45, 7) is 7.42. The Bertz CT molecular complexity index is 465. The summed E-state index contributed by atoms with van der Waals surface area (Å²) in [6.07, 6.45) is 6.60. The van der Waals surface area contributed by atoms with E-state index in [-0.39, 0.29) is 17.8 Å². The van der Waals surface area contributed by atoms with E-state index in [1.54, 1.807) is 0 Å². The Hall–Kier alpha value is -0.0000000000000000555. The first-order valence-corrected chi connectivity index (χ1v) is 8.71. The van der Waals surface area contributed by atoms with E-state index in [2.05, 4.69) is 60.8 Å².